The molecule has 0 aliphatic carbocycles. The van der Waals surface area contributed by atoms with Crippen LogP contribution in [0, 0.1) is 6.92 Å². The number of hydrogen-bond acceptors (Lipinski definition) is 5. The molecule has 43 heavy (non-hydrogen) atoms. The molecule has 4 aromatic carbocycles. The standard InChI is InChI=1S/C35H33N3O5/c1-4-10-26-18-24(19-30-34(40)38(35(41)37-30)21-32(39)36-28-15-8-11-23(3)17-28)20-31(42-5-2)33(26)43-22-27-14-9-13-25-12-6-7-16-29(25)27/h4,6-9,11-20H,1,5,10,21-22H2,2-3H3,(H,36,39)(H,37,41)/b30-19+. The lowest BCUT2D eigenvalue weighted by molar-refractivity contribution is -0.127. The first-order valence-corrected chi connectivity index (χ1v) is 14.1. The number of benzene rings is 4. The quantitative estimate of drug-likeness (QED) is 0.123. The van der Waals surface area contributed by atoms with E-state index in [9.17, 15) is 14.4 Å². The van der Waals surface area contributed by atoms with Crippen molar-refractivity contribution in [1.82, 2.24) is 10.2 Å². The molecule has 5 rings (SSSR count). The van der Waals surface area contributed by atoms with Crippen molar-refractivity contribution in [2.45, 2.75) is 26.9 Å². The van der Waals surface area contributed by atoms with Gasteiger partial charge in [0.25, 0.3) is 5.91 Å². The van der Waals surface area contributed by atoms with Crippen LogP contribution in [0.5, 0.6) is 11.5 Å². The Morgan fingerprint density at radius 3 is 2.56 bits per heavy atom. The molecule has 8 nitrogen and oxygen atoms in total. The van der Waals surface area contributed by atoms with Gasteiger partial charge in [-0.3, -0.25) is 9.59 Å². The highest BCUT2D eigenvalue weighted by Crippen LogP contribution is 2.36. The first kappa shape index (κ1) is 29.1. The third kappa shape index (κ3) is 6.76. The Morgan fingerprint density at radius 1 is 0.977 bits per heavy atom. The SMILES string of the molecule is C=CCc1cc(/C=C2/NC(=O)N(CC(=O)Nc3cccc(C)c3)C2=O)cc(OCC)c1OCc1cccc2ccccc12. The van der Waals surface area contributed by atoms with E-state index in [4.69, 9.17) is 9.47 Å². The molecule has 0 unspecified atom stereocenters. The summed E-state index contributed by atoms with van der Waals surface area (Å²) in [4.78, 5) is 39.3. The fraction of sp³-hybridized carbons (Fsp3) is 0.171. The number of anilines is 1. The number of carbonyl (C=O) groups is 3. The summed E-state index contributed by atoms with van der Waals surface area (Å²) < 4.78 is 12.3. The van der Waals surface area contributed by atoms with Gasteiger partial charge in [0.15, 0.2) is 11.5 Å². The van der Waals surface area contributed by atoms with E-state index in [1.54, 1.807) is 30.4 Å². The van der Waals surface area contributed by atoms with E-state index in [0.717, 1.165) is 32.4 Å². The second kappa shape index (κ2) is 13.1. The molecule has 1 aliphatic heterocycles. The minimum atomic E-state index is -0.665. The van der Waals surface area contributed by atoms with Crippen LogP contribution in [0.15, 0.2) is 97.2 Å². The molecule has 1 aliphatic rings. The first-order valence-electron chi connectivity index (χ1n) is 14.1. The summed E-state index contributed by atoms with van der Waals surface area (Å²) in [5.41, 5.74) is 4.12. The summed E-state index contributed by atoms with van der Waals surface area (Å²) in [6.45, 7) is 8.00. The lowest BCUT2D eigenvalue weighted by Gasteiger charge is -2.17. The third-order valence-electron chi connectivity index (χ3n) is 6.95. The zero-order valence-corrected chi connectivity index (χ0v) is 24.2. The Labute approximate surface area is 250 Å². The van der Waals surface area contributed by atoms with Crippen molar-refractivity contribution in [1.29, 1.82) is 0 Å². The van der Waals surface area contributed by atoms with Gasteiger partial charge in [0.1, 0.15) is 18.8 Å². The molecule has 0 atom stereocenters. The van der Waals surface area contributed by atoms with Crippen LogP contribution in [-0.4, -0.2) is 35.9 Å². The topological polar surface area (TPSA) is 97.0 Å². The zero-order valence-electron chi connectivity index (χ0n) is 24.2. The third-order valence-corrected chi connectivity index (χ3v) is 6.95. The van der Waals surface area contributed by atoms with E-state index in [1.807, 2.05) is 56.3 Å². The van der Waals surface area contributed by atoms with Crippen molar-refractivity contribution in [2.75, 3.05) is 18.5 Å². The van der Waals surface area contributed by atoms with Crippen LogP contribution in [-0.2, 0) is 22.6 Å². The first-order chi connectivity index (χ1) is 20.9. The van der Waals surface area contributed by atoms with Crippen LogP contribution in [0.2, 0.25) is 0 Å². The van der Waals surface area contributed by atoms with Gasteiger partial charge in [-0.1, -0.05) is 60.7 Å². The van der Waals surface area contributed by atoms with Gasteiger partial charge in [0.05, 0.1) is 6.61 Å². The summed E-state index contributed by atoms with van der Waals surface area (Å²) in [6.07, 6.45) is 3.83. The van der Waals surface area contributed by atoms with E-state index in [2.05, 4.69) is 35.4 Å². The van der Waals surface area contributed by atoms with Crippen LogP contribution in [0.3, 0.4) is 0 Å². The largest absolute Gasteiger partial charge is 0.490 e. The molecule has 0 bridgehead atoms. The number of hydrogen-bond donors (Lipinski definition) is 2. The highest BCUT2D eigenvalue weighted by molar-refractivity contribution is 6.16. The Hall–Kier alpha value is -5.37. The molecular formula is C35H33N3O5. The van der Waals surface area contributed by atoms with Crippen LogP contribution in [0.4, 0.5) is 10.5 Å². The molecule has 2 N–H and O–H groups in total. The molecule has 8 heteroatoms. The maximum absolute atomic E-state index is 13.1. The predicted octanol–water partition coefficient (Wildman–Crippen LogP) is 6.39. The van der Waals surface area contributed by atoms with E-state index < -0.39 is 24.4 Å². The Balaban J connectivity index is 1.37. The summed E-state index contributed by atoms with van der Waals surface area (Å²) in [7, 11) is 0. The number of aryl methyl sites for hydroxylation is 1. The van der Waals surface area contributed by atoms with Gasteiger partial charge in [0.2, 0.25) is 5.91 Å². The van der Waals surface area contributed by atoms with Crippen molar-refractivity contribution < 1.29 is 23.9 Å². The van der Waals surface area contributed by atoms with Crippen LogP contribution in [0.1, 0.15) is 29.2 Å². The molecule has 0 aromatic heterocycles. The highest BCUT2D eigenvalue weighted by Gasteiger charge is 2.35. The Bertz CT molecular complexity index is 1740. The van der Waals surface area contributed by atoms with E-state index in [0.29, 0.717) is 42.4 Å². The Kier molecular flexibility index (Phi) is 8.86. The van der Waals surface area contributed by atoms with Gasteiger partial charge in [0, 0.05) is 11.3 Å². The molecule has 218 valence electrons. The highest BCUT2D eigenvalue weighted by atomic mass is 16.5. The van der Waals surface area contributed by atoms with Gasteiger partial charge in [-0.05, 0) is 78.1 Å². The number of nitrogens with one attached hydrogen (secondary N) is 2. The number of rotatable bonds is 11. The fourth-order valence-electron chi connectivity index (χ4n) is 5.02. The van der Waals surface area contributed by atoms with Gasteiger partial charge in [-0.25, -0.2) is 9.69 Å². The van der Waals surface area contributed by atoms with Crippen molar-refractivity contribution in [3.8, 4) is 11.5 Å². The molecule has 0 saturated carbocycles. The van der Waals surface area contributed by atoms with Crippen molar-refractivity contribution >= 4 is 40.4 Å². The monoisotopic (exact) mass is 575 g/mol. The zero-order chi connectivity index (χ0) is 30.3. The predicted molar refractivity (Wildman–Crippen MR) is 168 cm³/mol. The van der Waals surface area contributed by atoms with Crippen LogP contribution < -0.4 is 20.1 Å². The minimum absolute atomic E-state index is 0.0600. The Morgan fingerprint density at radius 2 is 1.77 bits per heavy atom. The minimum Gasteiger partial charge on any atom is -0.490 e. The summed E-state index contributed by atoms with van der Waals surface area (Å²) in [5.74, 6) is 0.0343. The summed E-state index contributed by atoms with van der Waals surface area (Å²) in [5, 5.41) is 7.56. The van der Waals surface area contributed by atoms with E-state index >= 15 is 0 Å². The maximum atomic E-state index is 13.1. The average Bonchev–Trinajstić information content (AvgIpc) is 3.24. The number of allylic oxidation sites excluding steroid dienone is 1. The van der Waals surface area contributed by atoms with Gasteiger partial charge >= 0.3 is 6.03 Å². The second-order valence-corrected chi connectivity index (χ2v) is 10.2. The average molecular weight is 576 g/mol. The molecule has 1 saturated heterocycles. The smallest absolute Gasteiger partial charge is 0.329 e. The van der Waals surface area contributed by atoms with Crippen molar-refractivity contribution in [3.05, 3.63) is 119 Å². The normalized spacial score (nSPS) is 13.7. The molecule has 4 amide bonds. The number of nitrogens with zero attached hydrogens (tertiary/aromatic N) is 1. The number of imide groups is 1. The molecule has 0 radical (unpaired) electrons. The second-order valence-electron chi connectivity index (χ2n) is 10.2. The fourth-order valence-corrected chi connectivity index (χ4v) is 5.02. The van der Waals surface area contributed by atoms with Gasteiger partial charge < -0.3 is 20.1 Å². The number of ether oxygens (including phenoxy) is 2. The molecule has 0 spiro atoms. The van der Waals surface area contributed by atoms with E-state index in [-0.39, 0.29) is 5.70 Å². The lowest BCUT2D eigenvalue weighted by atomic mass is 10.0. The molecule has 1 heterocycles. The number of carbonyl (C=O) groups excluding carboxylic acids is 3. The number of amides is 4. The van der Waals surface area contributed by atoms with Gasteiger partial charge in [-0.15, -0.1) is 6.58 Å². The van der Waals surface area contributed by atoms with Crippen molar-refractivity contribution in [3.63, 3.8) is 0 Å². The summed E-state index contributed by atoms with van der Waals surface area (Å²) in [6, 6.07) is 24.5. The van der Waals surface area contributed by atoms with Crippen molar-refractivity contribution in [2.24, 2.45) is 0 Å². The van der Waals surface area contributed by atoms with Gasteiger partial charge in [-0.2, -0.15) is 0 Å². The van der Waals surface area contributed by atoms with Crippen LogP contribution >= 0.6 is 0 Å². The summed E-state index contributed by atoms with van der Waals surface area (Å²) >= 11 is 0. The molecule has 4 aromatic rings. The molecule has 1 fully saturated rings. The lowest BCUT2D eigenvalue weighted by Crippen LogP contribution is -2.38. The maximum Gasteiger partial charge on any atom is 0.329 e. The number of fused-ring (bicyclic) bond motifs is 1. The molecular weight excluding hydrogens is 542 g/mol. The number of urea groups is 1. The van der Waals surface area contributed by atoms with E-state index in [1.165, 1.54) is 0 Å². The van der Waals surface area contributed by atoms with Crippen LogP contribution in [0.25, 0.3) is 16.8 Å².